The lowest BCUT2D eigenvalue weighted by atomic mass is 9.70. The van der Waals surface area contributed by atoms with Gasteiger partial charge in [0.15, 0.2) is 0 Å². The van der Waals surface area contributed by atoms with Crippen molar-refractivity contribution >= 4 is 23.0 Å². The van der Waals surface area contributed by atoms with Crippen LogP contribution in [0, 0.1) is 11.8 Å². The third-order valence-electron chi connectivity index (χ3n) is 7.38. The van der Waals surface area contributed by atoms with Crippen molar-refractivity contribution in [3.63, 3.8) is 0 Å². The fourth-order valence-electron chi connectivity index (χ4n) is 5.08. The molecule has 0 saturated heterocycles. The van der Waals surface area contributed by atoms with Crippen molar-refractivity contribution in [1.82, 2.24) is 20.8 Å². The molecule has 1 aromatic heterocycles. The number of aliphatic hydroxyl groups excluding tert-OH is 1. The molecule has 1 saturated carbocycles. The SMILES string of the molecule is CC1CCC(O)([C@H](C[C@H](O)[C@H](Cc2ccccc2)NC(=O)Oc2cnc3ccccc3n2)C(=O)NO)CC1. The highest BCUT2D eigenvalue weighted by Gasteiger charge is 2.45. The zero-order chi connectivity index (χ0) is 27.1. The van der Waals surface area contributed by atoms with E-state index in [9.17, 15) is 25.0 Å². The summed E-state index contributed by atoms with van der Waals surface area (Å²) in [5.41, 5.74) is 2.33. The summed E-state index contributed by atoms with van der Waals surface area (Å²) in [7, 11) is 0. The van der Waals surface area contributed by atoms with E-state index in [1.165, 1.54) is 6.20 Å². The number of para-hydroxylation sites is 2. The molecule has 0 aliphatic heterocycles. The molecule has 10 heteroatoms. The highest BCUT2D eigenvalue weighted by Crippen LogP contribution is 2.39. The Kier molecular flexibility index (Phi) is 8.88. The summed E-state index contributed by atoms with van der Waals surface area (Å²) in [5, 5.41) is 34.7. The molecule has 0 unspecified atom stereocenters. The topological polar surface area (TPSA) is 154 Å². The van der Waals surface area contributed by atoms with E-state index in [2.05, 4.69) is 22.2 Å². The number of aliphatic hydroxyl groups is 2. The average Bonchev–Trinajstić information content (AvgIpc) is 2.93. The van der Waals surface area contributed by atoms with E-state index in [1.807, 2.05) is 36.4 Å². The maximum Gasteiger partial charge on any atom is 0.414 e. The normalized spacial score (nSPS) is 21.7. The number of rotatable bonds is 9. The van der Waals surface area contributed by atoms with E-state index in [0.717, 1.165) is 18.4 Å². The predicted molar refractivity (Wildman–Crippen MR) is 139 cm³/mol. The van der Waals surface area contributed by atoms with Crippen molar-refractivity contribution < 1.29 is 29.7 Å². The Morgan fingerprint density at radius 3 is 2.42 bits per heavy atom. The van der Waals surface area contributed by atoms with Gasteiger partial charge in [0, 0.05) is 0 Å². The first-order valence-corrected chi connectivity index (χ1v) is 12.9. The Balaban J connectivity index is 1.51. The number of fused-ring (bicyclic) bond motifs is 1. The summed E-state index contributed by atoms with van der Waals surface area (Å²) in [6, 6.07) is 15.6. The Morgan fingerprint density at radius 2 is 1.74 bits per heavy atom. The molecule has 2 aromatic carbocycles. The first-order valence-electron chi connectivity index (χ1n) is 12.9. The minimum Gasteiger partial charge on any atom is -0.391 e. The number of nitrogens with zero attached hydrogens (tertiary/aromatic N) is 2. The van der Waals surface area contributed by atoms with Gasteiger partial charge in [0.1, 0.15) is 0 Å². The number of carbonyl (C=O) groups is 2. The van der Waals surface area contributed by atoms with E-state index in [1.54, 1.807) is 23.7 Å². The molecule has 1 fully saturated rings. The molecular weight excluding hydrogens is 488 g/mol. The van der Waals surface area contributed by atoms with Crippen LogP contribution in [0.4, 0.5) is 4.79 Å². The van der Waals surface area contributed by atoms with Gasteiger partial charge in [0.05, 0.1) is 40.9 Å². The third-order valence-corrected chi connectivity index (χ3v) is 7.38. The molecule has 1 aliphatic carbocycles. The molecule has 0 spiro atoms. The number of amides is 2. The molecule has 10 nitrogen and oxygen atoms in total. The van der Waals surface area contributed by atoms with Gasteiger partial charge in [-0.2, -0.15) is 0 Å². The summed E-state index contributed by atoms with van der Waals surface area (Å²) in [5.74, 6) is -1.43. The molecule has 3 aromatic rings. The van der Waals surface area contributed by atoms with Crippen molar-refractivity contribution in [3.05, 3.63) is 66.4 Å². The number of hydrogen-bond donors (Lipinski definition) is 5. The maximum atomic E-state index is 12.8. The van der Waals surface area contributed by atoms with Gasteiger partial charge in [-0.15, -0.1) is 0 Å². The second-order valence-electron chi connectivity index (χ2n) is 10.1. The number of nitrogens with one attached hydrogen (secondary N) is 2. The minimum atomic E-state index is -1.38. The van der Waals surface area contributed by atoms with Gasteiger partial charge in [-0.25, -0.2) is 20.2 Å². The standard InChI is InChI=1S/C28H34N4O6/c1-18-11-13-28(36,14-12-18)20(26(34)32-37)16-24(33)23(15-19-7-3-2-4-8-19)31-27(35)38-25-17-29-21-9-5-6-10-22(21)30-25/h2-10,17-18,20,23-24,33,36-37H,11-16H2,1H3,(H,31,35)(H,32,34)/t18?,20-,23+,24+,28?/m1/s1. The molecular formula is C28H34N4O6. The third kappa shape index (κ3) is 6.83. The van der Waals surface area contributed by atoms with Crippen LogP contribution in [-0.2, 0) is 11.2 Å². The Bertz CT molecular complexity index is 1230. The van der Waals surface area contributed by atoms with Crippen molar-refractivity contribution in [1.29, 1.82) is 0 Å². The van der Waals surface area contributed by atoms with E-state index < -0.39 is 35.7 Å². The molecule has 2 amide bonds. The number of ether oxygens (including phenoxy) is 1. The van der Waals surface area contributed by atoms with Crippen LogP contribution in [0.3, 0.4) is 0 Å². The summed E-state index contributed by atoms with van der Waals surface area (Å²) in [6.45, 7) is 2.08. The van der Waals surface area contributed by atoms with Crippen LogP contribution >= 0.6 is 0 Å². The lowest BCUT2D eigenvalue weighted by molar-refractivity contribution is -0.150. The molecule has 5 N–H and O–H groups in total. The van der Waals surface area contributed by atoms with Crippen LogP contribution in [0.1, 0.15) is 44.6 Å². The van der Waals surface area contributed by atoms with Gasteiger partial charge >= 0.3 is 6.09 Å². The van der Waals surface area contributed by atoms with Gasteiger partial charge in [0.25, 0.3) is 0 Å². The number of benzene rings is 2. The smallest absolute Gasteiger partial charge is 0.391 e. The molecule has 38 heavy (non-hydrogen) atoms. The van der Waals surface area contributed by atoms with E-state index in [4.69, 9.17) is 4.74 Å². The minimum absolute atomic E-state index is 0.00248. The van der Waals surface area contributed by atoms with Gasteiger partial charge in [-0.3, -0.25) is 10.0 Å². The van der Waals surface area contributed by atoms with Crippen LogP contribution in [0.15, 0.2) is 60.8 Å². The van der Waals surface area contributed by atoms with E-state index in [-0.39, 0.29) is 18.7 Å². The lowest BCUT2D eigenvalue weighted by Gasteiger charge is -2.41. The molecule has 4 rings (SSSR count). The number of hydroxylamine groups is 1. The highest BCUT2D eigenvalue weighted by molar-refractivity contribution is 5.79. The second kappa shape index (κ2) is 12.3. The highest BCUT2D eigenvalue weighted by atomic mass is 16.6. The second-order valence-corrected chi connectivity index (χ2v) is 10.1. The first-order chi connectivity index (χ1) is 18.3. The molecule has 3 atom stereocenters. The zero-order valence-corrected chi connectivity index (χ0v) is 21.3. The van der Waals surface area contributed by atoms with Crippen LogP contribution < -0.4 is 15.5 Å². The Hall–Kier alpha value is -3.60. The van der Waals surface area contributed by atoms with Gasteiger partial charge in [-0.05, 0) is 62.1 Å². The first kappa shape index (κ1) is 27.4. The molecule has 1 aliphatic rings. The van der Waals surface area contributed by atoms with Crippen LogP contribution in [0.25, 0.3) is 11.0 Å². The van der Waals surface area contributed by atoms with Crippen LogP contribution in [0.5, 0.6) is 5.88 Å². The van der Waals surface area contributed by atoms with Gasteiger partial charge < -0.3 is 20.3 Å². The number of aromatic nitrogens is 2. The molecule has 0 bridgehead atoms. The van der Waals surface area contributed by atoms with Gasteiger partial charge in [0.2, 0.25) is 11.8 Å². The van der Waals surface area contributed by atoms with E-state index in [0.29, 0.717) is 29.8 Å². The Labute approximate surface area is 221 Å². The van der Waals surface area contributed by atoms with E-state index >= 15 is 0 Å². The molecule has 202 valence electrons. The van der Waals surface area contributed by atoms with Gasteiger partial charge in [-0.1, -0.05) is 49.4 Å². The number of hydrogen-bond acceptors (Lipinski definition) is 8. The van der Waals surface area contributed by atoms with Crippen molar-refractivity contribution in [2.75, 3.05) is 0 Å². The average molecular weight is 523 g/mol. The fraction of sp³-hybridized carbons (Fsp3) is 0.429. The molecule has 0 radical (unpaired) electrons. The van der Waals surface area contributed by atoms with Crippen molar-refractivity contribution in [2.24, 2.45) is 11.8 Å². The Morgan fingerprint density at radius 1 is 1.08 bits per heavy atom. The summed E-state index contributed by atoms with van der Waals surface area (Å²) in [6.07, 6.45) is 1.52. The van der Waals surface area contributed by atoms with Crippen molar-refractivity contribution in [3.8, 4) is 5.88 Å². The summed E-state index contributed by atoms with van der Waals surface area (Å²) < 4.78 is 5.36. The van der Waals surface area contributed by atoms with Crippen LogP contribution in [0.2, 0.25) is 0 Å². The monoisotopic (exact) mass is 522 g/mol. The fourth-order valence-corrected chi connectivity index (χ4v) is 5.08. The molecule has 1 heterocycles. The van der Waals surface area contributed by atoms with Crippen LogP contribution in [-0.4, -0.2) is 55.1 Å². The summed E-state index contributed by atoms with van der Waals surface area (Å²) >= 11 is 0. The quantitative estimate of drug-likeness (QED) is 0.212. The zero-order valence-electron chi connectivity index (χ0n) is 21.3. The maximum absolute atomic E-state index is 12.8. The summed E-state index contributed by atoms with van der Waals surface area (Å²) in [4.78, 5) is 34.0. The largest absolute Gasteiger partial charge is 0.414 e. The van der Waals surface area contributed by atoms with Crippen molar-refractivity contribution in [2.45, 2.75) is 63.2 Å². The lowest BCUT2D eigenvalue weighted by Crippen LogP contribution is -2.53. The number of carbonyl (C=O) groups excluding carboxylic acids is 2. The predicted octanol–water partition coefficient (Wildman–Crippen LogP) is 3.14.